The first-order chi connectivity index (χ1) is 10.4. The molecule has 0 saturated carbocycles. The molecule has 0 fully saturated rings. The lowest BCUT2D eigenvalue weighted by atomic mass is 10.1. The minimum atomic E-state index is 0.533. The molecule has 4 heteroatoms. The lowest BCUT2D eigenvalue weighted by Gasteiger charge is -1.96. The Morgan fingerprint density at radius 3 is 2.71 bits per heavy atom. The lowest BCUT2D eigenvalue weighted by molar-refractivity contribution is 0.512. The molecule has 2 aromatic heterocycles. The molecule has 0 aliphatic rings. The van der Waals surface area contributed by atoms with Gasteiger partial charge in [0.25, 0.3) is 0 Å². The molecule has 0 bridgehead atoms. The number of unbranched alkanes of at least 4 members (excludes halogenated alkanes) is 1. The van der Waals surface area contributed by atoms with Crippen LogP contribution in [0.4, 0.5) is 0 Å². The van der Waals surface area contributed by atoms with Gasteiger partial charge in [0.1, 0.15) is 11.5 Å². The number of aryl methyl sites for hydroxylation is 1. The Labute approximate surface area is 127 Å². The Kier molecular flexibility index (Phi) is 4.13. The number of hydrogen-bond donors (Lipinski definition) is 0. The summed E-state index contributed by atoms with van der Waals surface area (Å²) in [5.41, 5.74) is 1.88. The maximum absolute atomic E-state index is 8.69. The van der Waals surface area contributed by atoms with Crippen LogP contribution in [0.25, 0.3) is 22.0 Å². The van der Waals surface area contributed by atoms with Crippen molar-refractivity contribution < 1.29 is 4.42 Å². The molecule has 0 spiro atoms. The standard InChI is InChI=1S/C17H14N2OS/c18-11-5-4-9-14-16(15-10-6-12-21-15)19-17(20-14)13-7-2-1-3-8-13/h1-3,6-8,10,12H,4-5,9H2. The van der Waals surface area contributed by atoms with E-state index in [0.29, 0.717) is 12.3 Å². The summed E-state index contributed by atoms with van der Waals surface area (Å²) in [5.74, 6) is 1.51. The van der Waals surface area contributed by atoms with Crippen molar-refractivity contribution in [3.05, 3.63) is 53.6 Å². The number of nitrogens with zero attached hydrogens (tertiary/aromatic N) is 2. The SMILES string of the molecule is N#CCCCc1oc(-c2ccccc2)nc1-c1cccs1. The van der Waals surface area contributed by atoms with Crippen LogP contribution in [0.1, 0.15) is 18.6 Å². The van der Waals surface area contributed by atoms with Gasteiger partial charge < -0.3 is 4.42 Å². The predicted octanol–water partition coefficient (Wildman–Crippen LogP) is 4.92. The molecule has 2 heterocycles. The second kappa shape index (κ2) is 6.38. The predicted molar refractivity (Wildman–Crippen MR) is 83.8 cm³/mol. The van der Waals surface area contributed by atoms with E-state index >= 15 is 0 Å². The Morgan fingerprint density at radius 2 is 2.00 bits per heavy atom. The highest BCUT2D eigenvalue weighted by Gasteiger charge is 2.16. The van der Waals surface area contributed by atoms with Crippen LogP contribution in [-0.4, -0.2) is 4.98 Å². The van der Waals surface area contributed by atoms with Crippen LogP contribution in [-0.2, 0) is 6.42 Å². The Balaban J connectivity index is 1.97. The smallest absolute Gasteiger partial charge is 0.226 e. The maximum Gasteiger partial charge on any atom is 0.226 e. The monoisotopic (exact) mass is 294 g/mol. The largest absolute Gasteiger partial charge is 0.440 e. The van der Waals surface area contributed by atoms with Crippen LogP contribution in [0.5, 0.6) is 0 Å². The Bertz CT molecular complexity index is 739. The van der Waals surface area contributed by atoms with Crippen molar-refractivity contribution in [2.75, 3.05) is 0 Å². The molecular weight excluding hydrogens is 280 g/mol. The minimum Gasteiger partial charge on any atom is -0.440 e. The van der Waals surface area contributed by atoms with Gasteiger partial charge in [0.05, 0.1) is 10.9 Å². The fourth-order valence-electron chi connectivity index (χ4n) is 2.16. The second-order valence-electron chi connectivity index (χ2n) is 4.65. The summed E-state index contributed by atoms with van der Waals surface area (Å²) in [6.45, 7) is 0. The molecule has 3 aromatic rings. The van der Waals surface area contributed by atoms with Crippen LogP contribution in [0.15, 0.2) is 52.3 Å². The molecule has 3 rings (SSSR count). The fraction of sp³-hybridized carbons (Fsp3) is 0.176. The average molecular weight is 294 g/mol. The summed E-state index contributed by atoms with van der Waals surface area (Å²) in [4.78, 5) is 5.77. The van der Waals surface area contributed by atoms with E-state index in [9.17, 15) is 0 Å². The number of benzene rings is 1. The molecule has 1 aromatic carbocycles. The molecule has 0 unspecified atom stereocenters. The minimum absolute atomic E-state index is 0.533. The zero-order chi connectivity index (χ0) is 14.5. The van der Waals surface area contributed by atoms with E-state index in [4.69, 9.17) is 9.68 Å². The van der Waals surface area contributed by atoms with Crippen molar-refractivity contribution in [3.8, 4) is 28.1 Å². The first kappa shape index (κ1) is 13.6. The highest BCUT2D eigenvalue weighted by molar-refractivity contribution is 7.13. The maximum atomic E-state index is 8.69. The number of hydrogen-bond acceptors (Lipinski definition) is 4. The van der Waals surface area contributed by atoms with E-state index in [1.54, 1.807) is 11.3 Å². The van der Waals surface area contributed by atoms with Crippen molar-refractivity contribution in [2.24, 2.45) is 0 Å². The van der Waals surface area contributed by atoms with Gasteiger partial charge in [-0.3, -0.25) is 0 Å². The van der Waals surface area contributed by atoms with Crippen molar-refractivity contribution in [1.82, 2.24) is 4.98 Å². The van der Waals surface area contributed by atoms with E-state index in [1.807, 2.05) is 47.8 Å². The molecule has 0 aliphatic carbocycles. The van der Waals surface area contributed by atoms with Crippen molar-refractivity contribution in [2.45, 2.75) is 19.3 Å². The van der Waals surface area contributed by atoms with Gasteiger partial charge in [0.15, 0.2) is 0 Å². The van der Waals surface area contributed by atoms with Gasteiger partial charge in [-0.2, -0.15) is 5.26 Å². The topological polar surface area (TPSA) is 49.8 Å². The van der Waals surface area contributed by atoms with Gasteiger partial charge in [-0.05, 0) is 30.0 Å². The first-order valence-corrected chi connectivity index (χ1v) is 7.72. The van der Waals surface area contributed by atoms with Gasteiger partial charge >= 0.3 is 0 Å². The summed E-state index contributed by atoms with van der Waals surface area (Å²) in [6.07, 6.45) is 2.06. The van der Waals surface area contributed by atoms with E-state index in [1.165, 1.54) is 0 Å². The highest BCUT2D eigenvalue weighted by atomic mass is 32.1. The van der Waals surface area contributed by atoms with E-state index in [2.05, 4.69) is 11.1 Å². The Hall–Kier alpha value is -2.38. The normalized spacial score (nSPS) is 10.4. The fourth-order valence-corrected chi connectivity index (χ4v) is 2.89. The summed E-state index contributed by atoms with van der Waals surface area (Å²) < 4.78 is 5.96. The zero-order valence-electron chi connectivity index (χ0n) is 11.5. The molecule has 104 valence electrons. The van der Waals surface area contributed by atoms with Gasteiger partial charge in [-0.25, -0.2) is 4.98 Å². The number of aromatic nitrogens is 1. The molecule has 0 N–H and O–H groups in total. The van der Waals surface area contributed by atoms with Crippen LogP contribution < -0.4 is 0 Å². The number of thiophene rings is 1. The van der Waals surface area contributed by atoms with Crippen LogP contribution in [0, 0.1) is 11.3 Å². The summed E-state index contributed by atoms with van der Waals surface area (Å²) in [5, 5.41) is 10.7. The molecule has 0 saturated heterocycles. The number of oxazole rings is 1. The molecule has 0 atom stereocenters. The van der Waals surface area contributed by atoms with Crippen LogP contribution in [0.3, 0.4) is 0 Å². The van der Waals surface area contributed by atoms with Crippen molar-refractivity contribution in [3.63, 3.8) is 0 Å². The third kappa shape index (κ3) is 3.04. The van der Waals surface area contributed by atoms with Gasteiger partial charge in [-0.15, -0.1) is 11.3 Å². The van der Waals surface area contributed by atoms with Gasteiger partial charge in [0, 0.05) is 18.4 Å². The third-order valence-corrected chi connectivity index (χ3v) is 4.04. The molecule has 0 aliphatic heterocycles. The van der Waals surface area contributed by atoms with Gasteiger partial charge in [-0.1, -0.05) is 24.3 Å². The van der Waals surface area contributed by atoms with Crippen LogP contribution in [0.2, 0.25) is 0 Å². The zero-order valence-corrected chi connectivity index (χ0v) is 12.3. The van der Waals surface area contributed by atoms with E-state index in [-0.39, 0.29) is 0 Å². The second-order valence-corrected chi connectivity index (χ2v) is 5.59. The third-order valence-electron chi connectivity index (χ3n) is 3.17. The number of nitriles is 1. The van der Waals surface area contributed by atoms with Crippen molar-refractivity contribution >= 4 is 11.3 Å². The lowest BCUT2D eigenvalue weighted by Crippen LogP contribution is -1.85. The summed E-state index contributed by atoms with van der Waals surface area (Å²) in [7, 11) is 0. The molecule has 21 heavy (non-hydrogen) atoms. The number of rotatable bonds is 5. The summed E-state index contributed by atoms with van der Waals surface area (Å²) >= 11 is 1.65. The molecular formula is C17H14N2OS. The quantitative estimate of drug-likeness (QED) is 0.628. The average Bonchev–Trinajstić information content (AvgIpc) is 3.17. The molecule has 0 amide bonds. The Morgan fingerprint density at radius 1 is 1.14 bits per heavy atom. The van der Waals surface area contributed by atoms with Crippen LogP contribution >= 0.6 is 11.3 Å². The van der Waals surface area contributed by atoms with E-state index in [0.717, 1.165) is 34.7 Å². The molecule has 3 nitrogen and oxygen atoms in total. The van der Waals surface area contributed by atoms with Gasteiger partial charge in [0.2, 0.25) is 5.89 Å². The highest BCUT2D eigenvalue weighted by Crippen LogP contribution is 2.32. The first-order valence-electron chi connectivity index (χ1n) is 6.84. The molecule has 0 radical (unpaired) electrons. The van der Waals surface area contributed by atoms with Crippen molar-refractivity contribution in [1.29, 1.82) is 5.26 Å². The summed E-state index contributed by atoms with van der Waals surface area (Å²) in [6, 6.07) is 16.1. The van der Waals surface area contributed by atoms with E-state index < -0.39 is 0 Å².